The fourth-order valence-electron chi connectivity index (χ4n) is 2.10. The maximum absolute atomic E-state index is 12.4. The van der Waals surface area contributed by atoms with Gasteiger partial charge < -0.3 is 16.4 Å². The third-order valence-corrected chi connectivity index (χ3v) is 3.23. The molecule has 0 spiro atoms. The van der Waals surface area contributed by atoms with Gasteiger partial charge in [0.05, 0.1) is 0 Å². The first-order valence-corrected chi connectivity index (χ1v) is 7.02. The normalized spacial score (nSPS) is 11.5. The van der Waals surface area contributed by atoms with Gasteiger partial charge in [-0.3, -0.25) is 4.79 Å². The van der Waals surface area contributed by atoms with E-state index in [0.717, 1.165) is 11.1 Å². The minimum atomic E-state index is -0.722. The third-order valence-electron chi connectivity index (χ3n) is 3.23. The summed E-state index contributed by atoms with van der Waals surface area (Å²) in [6, 6.07) is 15.5. The van der Waals surface area contributed by atoms with Crippen LogP contribution in [0.4, 0.5) is 10.5 Å². The monoisotopic (exact) mass is 297 g/mol. The van der Waals surface area contributed by atoms with Crippen molar-refractivity contribution in [1.82, 2.24) is 5.32 Å². The third kappa shape index (κ3) is 4.63. The van der Waals surface area contributed by atoms with Gasteiger partial charge in [0.25, 0.3) is 0 Å². The zero-order valence-corrected chi connectivity index (χ0v) is 12.4. The molecule has 0 fully saturated rings. The fourth-order valence-corrected chi connectivity index (χ4v) is 2.10. The van der Waals surface area contributed by atoms with Crippen LogP contribution >= 0.6 is 0 Å². The van der Waals surface area contributed by atoms with Gasteiger partial charge in [-0.1, -0.05) is 48.0 Å². The van der Waals surface area contributed by atoms with Crippen LogP contribution in [-0.2, 0) is 11.2 Å². The fraction of sp³-hybridized carbons (Fsp3) is 0.176. The lowest BCUT2D eigenvalue weighted by atomic mass is 10.1. The number of hydrogen-bond acceptors (Lipinski definition) is 2. The maximum Gasteiger partial charge on any atom is 0.312 e. The van der Waals surface area contributed by atoms with E-state index < -0.39 is 12.1 Å². The standard InChI is InChI=1S/C17H19N3O2/c1-12-7-9-14(10-8-12)19-16(21)15(20-17(18)22)11-13-5-3-2-4-6-13/h2-10,15H,11H2,1H3,(H,19,21)(H3,18,20,22). The molecule has 3 amide bonds. The van der Waals surface area contributed by atoms with Gasteiger partial charge in [-0.25, -0.2) is 4.79 Å². The Bertz CT molecular complexity index is 639. The molecule has 0 bridgehead atoms. The van der Waals surface area contributed by atoms with E-state index in [1.165, 1.54) is 0 Å². The molecule has 0 radical (unpaired) electrons. The Hall–Kier alpha value is -2.82. The van der Waals surface area contributed by atoms with Crippen LogP contribution in [0.15, 0.2) is 54.6 Å². The molecule has 0 saturated heterocycles. The smallest absolute Gasteiger partial charge is 0.312 e. The van der Waals surface area contributed by atoms with Crippen LogP contribution < -0.4 is 16.4 Å². The Morgan fingerprint density at radius 3 is 2.27 bits per heavy atom. The molecular weight excluding hydrogens is 278 g/mol. The molecule has 4 N–H and O–H groups in total. The number of nitrogens with two attached hydrogens (primary N) is 1. The predicted molar refractivity (Wildman–Crippen MR) is 86.5 cm³/mol. The van der Waals surface area contributed by atoms with Crippen molar-refractivity contribution in [2.45, 2.75) is 19.4 Å². The van der Waals surface area contributed by atoms with Gasteiger partial charge in [-0.2, -0.15) is 0 Å². The lowest BCUT2D eigenvalue weighted by Gasteiger charge is -2.17. The SMILES string of the molecule is Cc1ccc(NC(=O)C(Cc2ccccc2)NC(N)=O)cc1. The van der Waals surface area contributed by atoms with Gasteiger partial charge in [0.15, 0.2) is 0 Å². The van der Waals surface area contributed by atoms with Gasteiger partial charge in [-0.05, 0) is 24.6 Å². The van der Waals surface area contributed by atoms with Crippen LogP contribution in [0.1, 0.15) is 11.1 Å². The number of rotatable bonds is 5. The average Bonchev–Trinajstić information content (AvgIpc) is 2.49. The summed E-state index contributed by atoms with van der Waals surface area (Å²) in [7, 11) is 0. The number of urea groups is 1. The molecule has 22 heavy (non-hydrogen) atoms. The van der Waals surface area contributed by atoms with Crippen molar-refractivity contribution < 1.29 is 9.59 Å². The second kappa shape index (κ2) is 7.26. The van der Waals surface area contributed by atoms with Crippen molar-refractivity contribution in [3.05, 3.63) is 65.7 Å². The summed E-state index contributed by atoms with van der Waals surface area (Å²) in [4.78, 5) is 23.5. The van der Waals surface area contributed by atoms with E-state index in [2.05, 4.69) is 10.6 Å². The number of amides is 3. The molecule has 5 heteroatoms. The van der Waals surface area contributed by atoms with E-state index >= 15 is 0 Å². The molecule has 114 valence electrons. The van der Waals surface area contributed by atoms with Crippen LogP contribution in [0.3, 0.4) is 0 Å². The van der Waals surface area contributed by atoms with Gasteiger partial charge in [0, 0.05) is 12.1 Å². The van der Waals surface area contributed by atoms with Crippen LogP contribution in [-0.4, -0.2) is 18.0 Å². The number of aryl methyl sites for hydroxylation is 1. The van der Waals surface area contributed by atoms with Gasteiger partial charge >= 0.3 is 6.03 Å². The quantitative estimate of drug-likeness (QED) is 0.790. The van der Waals surface area contributed by atoms with Crippen molar-refractivity contribution in [1.29, 1.82) is 0 Å². The first-order chi connectivity index (χ1) is 10.5. The average molecular weight is 297 g/mol. The van der Waals surface area contributed by atoms with Crippen molar-refractivity contribution >= 4 is 17.6 Å². The predicted octanol–water partition coefficient (Wildman–Crippen LogP) is 2.21. The van der Waals surface area contributed by atoms with Gasteiger partial charge in [0.1, 0.15) is 6.04 Å². The summed E-state index contributed by atoms with van der Waals surface area (Å²) in [6.07, 6.45) is 0.376. The number of hydrogen-bond donors (Lipinski definition) is 3. The van der Waals surface area contributed by atoms with Crippen LogP contribution in [0.5, 0.6) is 0 Å². The Morgan fingerprint density at radius 2 is 1.68 bits per heavy atom. The molecule has 0 aromatic heterocycles. The second-order valence-electron chi connectivity index (χ2n) is 5.11. The molecule has 5 nitrogen and oxygen atoms in total. The summed E-state index contributed by atoms with van der Waals surface area (Å²) in [6.45, 7) is 1.97. The second-order valence-corrected chi connectivity index (χ2v) is 5.11. The van der Waals surface area contributed by atoms with Crippen molar-refractivity contribution in [3.8, 4) is 0 Å². The Labute approximate surface area is 129 Å². The van der Waals surface area contributed by atoms with Gasteiger partial charge in [0.2, 0.25) is 5.91 Å². The molecule has 0 saturated carbocycles. The highest BCUT2D eigenvalue weighted by molar-refractivity contribution is 5.97. The summed E-state index contributed by atoms with van der Waals surface area (Å²) in [5, 5.41) is 5.27. The van der Waals surface area contributed by atoms with E-state index in [0.29, 0.717) is 12.1 Å². The molecule has 0 aliphatic carbocycles. The molecule has 1 unspecified atom stereocenters. The zero-order chi connectivity index (χ0) is 15.9. The summed E-state index contributed by atoms with van der Waals surface area (Å²) >= 11 is 0. The van der Waals surface area contributed by atoms with Crippen molar-refractivity contribution in [3.63, 3.8) is 0 Å². The van der Waals surface area contributed by atoms with Crippen LogP contribution in [0.25, 0.3) is 0 Å². The minimum Gasteiger partial charge on any atom is -0.352 e. The van der Waals surface area contributed by atoms with E-state index in [4.69, 9.17) is 5.73 Å². The number of carbonyl (C=O) groups is 2. The first-order valence-electron chi connectivity index (χ1n) is 7.02. The lowest BCUT2D eigenvalue weighted by Crippen LogP contribution is -2.47. The largest absolute Gasteiger partial charge is 0.352 e. The molecule has 1 atom stereocenters. The number of nitrogens with one attached hydrogen (secondary N) is 2. The van der Waals surface area contributed by atoms with E-state index in [9.17, 15) is 9.59 Å². The Balaban J connectivity index is 2.08. The molecule has 2 aromatic rings. The summed E-state index contributed by atoms with van der Waals surface area (Å²) in [5.41, 5.74) is 7.90. The molecule has 2 rings (SSSR count). The number of carbonyl (C=O) groups excluding carboxylic acids is 2. The number of benzene rings is 2. The van der Waals surface area contributed by atoms with E-state index in [-0.39, 0.29) is 5.91 Å². The Kier molecular flexibility index (Phi) is 5.14. The highest BCUT2D eigenvalue weighted by atomic mass is 16.2. The molecule has 2 aromatic carbocycles. The highest BCUT2D eigenvalue weighted by Gasteiger charge is 2.20. The van der Waals surface area contributed by atoms with Crippen molar-refractivity contribution in [2.75, 3.05) is 5.32 Å². The lowest BCUT2D eigenvalue weighted by molar-refractivity contribution is -0.117. The topological polar surface area (TPSA) is 84.2 Å². The highest BCUT2D eigenvalue weighted by Crippen LogP contribution is 2.10. The van der Waals surface area contributed by atoms with Gasteiger partial charge in [-0.15, -0.1) is 0 Å². The zero-order valence-electron chi connectivity index (χ0n) is 12.4. The minimum absolute atomic E-state index is 0.300. The first kappa shape index (κ1) is 15.6. The summed E-state index contributed by atoms with van der Waals surface area (Å²) < 4.78 is 0. The van der Waals surface area contributed by atoms with Crippen LogP contribution in [0.2, 0.25) is 0 Å². The summed E-state index contributed by atoms with van der Waals surface area (Å²) in [5.74, 6) is -0.300. The molecule has 0 aliphatic rings. The number of anilines is 1. The molecular formula is C17H19N3O2. The van der Waals surface area contributed by atoms with E-state index in [1.54, 1.807) is 0 Å². The number of primary amides is 1. The molecule has 0 aliphatic heterocycles. The van der Waals surface area contributed by atoms with Crippen LogP contribution in [0, 0.1) is 6.92 Å². The van der Waals surface area contributed by atoms with Crippen molar-refractivity contribution in [2.24, 2.45) is 5.73 Å². The van der Waals surface area contributed by atoms with E-state index in [1.807, 2.05) is 61.5 Å². The maximum atomic E-state index is 12.4. The molecule has 0 heterocycles. The Morgan fingerprint density at radius 1 is 1.05 bits per heavy atom.